The number of piperidine rings is 1. The summed E-state index contributed by atoms with van der Waals surface area (Å²) in [7, 11) is 0. The predicted molar refractivity (Wildman–Crippen MR) is 96.9 cm³/mol. The lowest BCUT2D eigenvalue weighted by Crippen LogP contribution is -2.35. The molecule has 3 heterocycles. The molecule has 4 rings (SSSR count). The Hall–Kier alpha value is -2.47. The summed E-state index contributed by atoms with van der Waals surface area (Å²) in [5.74, 6) is 0.925. The fraction of sp³-hybridized carbons (Fsp3) is 0.278. The number of fused-ring (bicyclic) bond motifs is 1. The molecule has 6 heteroatoms. The summed E-state index contributed by atoms with van der Waals surface area (Å²) in [4.78, 5) is 23.0. The van der Waals surface area contributed by atoms with Gasteiger partial charge in [-0.2, -0.15) is 0 Å². The van der Waals surface area contributed by atoms with Crippen molar-refractivity contribution in [3.8, 4) is 0 Å². The van der Waals surface area contributed by atoms with Crippen molar-refractivity contribution in [1.82, 2.24) is 14.9 Å². The maximum atomic E-state index is 12.5. The maximum Gasteiger partial charge on any atom is 0.253 e. The molecule has 2 aromatic heterocycles. The largest absolute Gasteiger partial charge is 0.339 e. The number of amides is 1. The van der Waals surface area contributed by atoms with Gasteiger partial charge < -0.3 is 10.2 Å². The summed E-state index contributed by atoms with van der Waals surface area (Å²) in [5.41, 5.74) is 2.60. The number of benzene rings is 1. The Morgan fingerprint density at radius 1 is 1.04 bits per heavy atom. The summed E-state index contributed by atoms with van der Waals surface area (Å²) in [6.07, 6.45) is 5.00. The van der Waals surface area contributed by atoms with E-state index in [9.17, 15) is 4.79 Å². The second-order valence-electron chi connectivity index (χ2n) is 5.91. The van der Waals surface area contributed by atoms with Crippen molar-refractivity contribution in [2.24, 2.45) is 0 Å². The fourth-order valence-corrected chi connectivity index (χ4v) is 3.78. The van der Waals surface area contributed by atoms with Crippen molar-refractivity contribution in [2.45, 2.75) is 19.3 Å². The Morgan fingerprint density at radius 2 is 1.83 bits per heavy atom. The van der Waals surface area contributed by atoms with Crippen LogP contribution in [0.25, 0.3) is 10.2 Å². The first kappa shape index (κ1) is 15.1. The molecule has 0 unspecified atom stereocenters. The molecule has 0 radical (unpaired) electrons. The zero-order valence-corrected chi connectivity index (χ0v) is 14.1. The van der Waals surface area contributed by atoms with Crippen LogP contribution < -0.4 is 5.32 Å². The zero-order valence-electron chi connectivity index (χ0n) is 13.2. The highest BCUT2D eigenvalue weighted by Gasteiger charge is 2.17. The lowest BCUT2D eigenvalue weighted by Gasteiger charge is -2.26. The average molecular weight is 338 g/mol. The Labute approximate surface area is 144 Å². The molecule has 1 fully saturated rings. The first-order valence-electron chi connectivity index (χ1n) is 8.16. The van der Waals surface area contributed by atoms with Gasteiger partial charge in [-0.25, -0.2) is 9.97 Å². The molecule has 1 amide bonds. The van der Waals surface area contributed by atoms with Crippen LogP contribution in [-0.2, 0) is 0 Å². The molecule has 1 aliphatic heterocycles. The van der Waals surface area contributed by atoms with Gasteiger partial charge in [0.05, 0.1) is 10.2 Å². The van der Waals surface area contributed by atoms with Gasteiger partial charge in [0.2, 0.25) is 0 Å². The summed E-state index contributed by atoms with van der Waals surface area (Å²) in [5, 5.41) is 5.32. The van der Waals surface area contributed by atoms with E-state index in [0.717, 1.165) is 53.2 Å². The number of carbonyl (C=O) groups excluding carboxylic acids is 1. The molecule has 0 aliphatic carbocycles. The Bertz CT molecular complexity index is 853. The summed E-state index contributed by atoms with van der Waals surface area (Å²) >= 11 is 1.61. The first-order chi connectivity index (χ1) is 11.8. The van der Waals surface area contributed by atoms with Gasteiger partial charge in [0.25, 0.3) is 5.91 Å². The number of carbonyl (C=O) groups is 1. The van der Waals surface area contributed by atoms with Crippen LogP contribution in [0, 0.1) is 0 Å². The Kier molecular flexibility index (Phi) is 4.13. The van der Waals surface area contributed by atoms with Crippen LogP contribution in [0.2, 0.25) is 0 Å². The van der Waals surface area contributed by atoms with E-state index in [1.807, 2.05) is 40.6 Å². The molecule has 0 bridgehead atoms. The monoisotopic (exact) mass is 338 g/mol. The van der Waals surface area contributed by atoms with E-state index < -0.39 is 0 Å². The van der Waals surface area contributed by atoms with E-state index in [1.165, 1.54) is 6.42 Å². The van der Waals surface area contributed by atoms with E-state index in [0.29, 0.717) is 0 Å². The molecule has 0 spiro atoms. The number of aromatic nitrogens is 2. The third-order valence-electron chi connectivity index (χ3n) is 4.28. The minimum absolute atomic E-state index is 0.129. The lowest BCUT2D eigenvalue weighted by molar-refractivity contribution is 0.0724. The number of hydrogen-bond donors (Lipinski definition) is 1. The van der Waals surface area contributed by atoms with E-state index in [4.69, 9.17) is 0 Å². The second kappa shape index (κ2) is 6.57. The third kappa shape index (κ3) is 2.97. The third-order valence-corrected chi connectivity index (χ3v) is 5.19. The molecular formula is C18H18N4OS. The van der Waals surface area contributed by atoms with Crippen molar-refractivity contribution in [1.29, 1.82) is 0 Å². The molecule has 24 heavy (non-hydrogen) atoms. The quantitative estimate of drug-likeness (QED) is 0.782. The van der Waals surface area contributed by atoms with Gasteiger partial charge in [0.1, 0.15) is 6.33 Å². The van der Waals surface area contributed by atoms with Gasteiger partial charge in [0, 0.05) is 24.3 Å². The number of rotatable bonds is 3. The SMILES string of the molecule is O=C(c1ccc(Nc2ncnc3ccsc23)cc1)N1CCCCC1. The normalized spacial score (nSPS) is 14.8. The van der Waals surface area contributed by atoms with Crippen LogP contribution in [-0.4, -0.2) is 33.9 Å². The number of thiophene rings is 1. The average Bonchev–Trinajstić information content (AvgIpc) is 3.12. The molecular weight excluding hydrogens is 320 g/mol. The van der Waals surface area contributed by atoms with Crippen molar-refractivity contribution in [3.05, 3.63) is 47.6 Å². The minimum atomic E-state index is 0.129. The maximum absolute atomic E-state index is 12.5. The standard InChI is InChI=1S/C18H18N4OS/c23-18(22-9-2-1-3-10-22)13-4-6-14(7-5-13)21-17-16-15(8-11-24-16)19-12-20-17/h4-8,11-12H,1-3,9-10H2,(H,19,20,21). The number of nitrogens with zero attached hydrogens (tertiary/aromatic N) is 3. The lowest BCUT2D eigenvalue weighted by atomic mass is 10.1. The number of likely N-dealkylation sites (tertiary alicyclic amines) is 1. The molecule has 1 aromatic carbocycles. The first-order valence-corrected chi connectivity index (χ1v) is 9.04. The number of nitrogens with one attached hydrogen (secondary N) is 1. The molecule has 0 atom stereocenters. The van der Waals surface area contributed by atoms with E-state index in [2.05, 4.69) is 15.3 Å². The molecule has 5 nitrogen and oxygen atoms in total. The Morgan fingerprint density at radius 3 is 2.62 bits per heavy atom. The van der Waals surface area contributed by atoms with Crippen molar-refractivity contribution >= 4 is 39.0 Å². The van der Waals surface area contributed by atoms with Gasteiger partial charge >= 0.3 is 0 Å². The molecule has 1 aliphatic rings. The molecule has 3 aromatic rings. The highest BCUT2D eigenvalue weighted by molar-refractivity contribution is 7.17. The molecule has 122 valence electrons. The number of anilines is 2. The van der Waals surface area contributed by atoms with Gasteiger partial charge in [-0.3, -0.25) is 4.79 Å². The minimum Gasteiger partial charge on any atom is -0.339 e. The molecule has 1 N–H and O–H groups in total. The van der Waals surface area contributed by atoms with E-state index in [-0.39, 0.29) is 5.91 Å². The van der Waals surface area contributed by atoms with Crippen molar-refractivity contribution < 1.29 is 4.79 Å². The summed E-state index contributed by atoms with van der Waals surface area (Å²) in [6, 6.07) is 9.60. The number of hydrogen-bond acceptors (Lipinski definition) is 5. The van der Waals surface area contributed by atoms with Crippen LogP contribution in [0.1, 0.15) is 29.6 Å². The van der Waals surface area contributed by atoms with Crippen LogP contribution in [0.4, 0.5) is 11.5 Å². The second-order valence-corrected chi connectivity index (χ2v) is 6.83. The van der Waals surface area contributed by atoms with Gasteiger partial charge in [-0.05, 0) is 55.0 Å². The van der Waals surface area contributed by atoms with E-state index in [1.54, 1.807) is 17.7 Å². The highest BCUT2D eigenvalue weighted by atomic mass is 32.1. The summed E-state index contributed by atoms with van der Waals surface area (Å²) in [6.45, 7) is 1.74. The van der Waals surface area contributed by atoms with Crippen LogP contribution in [0.5, 0.6) is 0 Å². The van der Waals surface area contributed by atoms with Crippen molar-refractivity contribution in [3.63, 3.8) is 0 Å². The zero-order chi connectivity index (χ0) is 16.4. The predicted octanol–water partition coefficient (Wildman–Crippen LogP) is 4.06. The smallest absolute Gasteiger partial charge is 0.253 e. The van der Waals surface area contributed by atoms with Crippen molar-refractivity contribution in [2.75, 3.05) is 18.4 Å². The van der Waals surface area contributed by atoms with Crippen LogP contribution in [0.3, 0.4) is 0 Å². The topological polar surface area (TPSA) is 58.1 Å². The van der Waals surface area contributed by atoms with Crippen LogP contribution >= 0.6 is 11.3 Å². The molecule has 0 saturated carbocycles. The van der Waals surface area contributed by atoms with Gasteiger partial charge in [-0.1, -0.05) is 0 Å². The van der Waals surface area contributed by atoms with E-state index >= 15 is 0 Å². The van der Waals surface area contributed by atoms with Gasteiger partial charge in [-0.15, -0.1) is 11.3 Å². The fourth-order valence-electron chi connectivity index (χ4n) is 2.99. The highest BCUT2D eigenvalue weighted by Crippen LogP contribution is 2.27. The van der Waals surface area contributed by atoms with Gasteiger partial charge in [0.15, 0.2) is 5.82 Å². The van der Waals surface area contributed by atoms with Crippen LogP contribution in [0.15, 0.2) is 42.0 Å². The Balaban J connectivity index is 1.51. The summed E-state index contributed by atoms with van der Waals surface area (Å²) < 4.78 is 1.03. The molecule has 1 saturated heterocycles.